The van der Waals surface area contributed by atoms with E-state index in [0.717, 1.165) is 12.0 Å². The van der Waals surface area contributed by atoms with Gasteiger partial charge < -0.3 is 24.8 Å². The van der Waals surface area contributed by atoms with E-state index in [9.17, 15) is 9.59 Å². The highest BCUT2D eigenvalue weighted by Crippen LogP contribution is 2.47. The molecule has 12 heteroatoms. The number of hydrogen-bond donors (Lipinski definition) is 1. The van der Waals surface area contributed by atoms with Crippen molar-refractivity contribution >= 4 is 47.4 Å². The quantitative estimate of drug-likeness (QED) is 0.314. The Bertz CT molecular complexity index is 1500. The van der Waals surface area contributed by atoms with Crippen molar-refractivity contribution in [1.82, 2.24) is 14.8 Å². The lowest BCUT2D eigenvalue weighted by molar-refractivity contribution is -0.127. The first kappa shape index (κ1) is 34.6. The van der Waals surface area contributed by atoms with Crippen molar-refractivity contribution < 1.29 is 23.8 Å². The Hall–Kier alpha value is -3.24. The predicted octanol–water partition coefficient (Wildman–Crippen LogP) is 5.60. The van der Waals surface area contributed by atoms with Crippen LogP contribution in [-0.4, -0.2) is 80.1 Å². The molecule has 2 N–H and O–H groups in total. The number of rotatable bonds is 9. The van der Waals surface area contributed by atoms with Gasteiger partial charge in [0.2, 0.25) is 11.7 Å². The molecule has 3 aromatic rings. The average molecular weight is 678 g/mol. The molecule has 9 nitrogen and oxygen atoms in total. The van der Waals surface area contributed by atoms with Crippen LogP contribution >= 0.6 is 35.6 Å². The molecule has 0 radical (unpaired) electrons. The van der Waals surface area contributed by atoms with Crippen LogP contribution in [0.25, 0.3) is 0 Å². The maximum Gasteiger partial charge on any atom is 0.254 e. The summed E-state index contributed by atoms with van der Waals surface area (Å²) in [5.74, 6) is 0.736. The highest BCUT2D eigenvalue weighted by Gasteiger charge is 2.52. The van der Waals surface area contributed by atoms with Gasteiger partial charge in [-0.25, -0.2) is 0 Å². The van der Waals surface area contributed by atoms with Gasteiger partial charge in [-0.2, -0.15) is 0 Å². The lowest BCUT2D eigenvalue weighted by Crippen LogP contribution is -2.58. The molecular weight excluding hydrogens is 639 g/mol. The molecule has 2 amide bonds. The Morgan fingerprint density at radius 2 is 1.69 bits per heavy atom. The number of likely N-dealkylation sites (tertiary alicyclic amines) is 2. The van der Waals surface area contributed by atoms with Crippen LogP contribution in [0.3, 0.4) is 0 Å². The van der Waals surface area contributed by atoms with Crippen molar-refractivity contribution in [3.63, 3.8) is 0 Å². The number of pyridine rings is 1. The normalized spacial score (nSPS) is 22.3. The molecule has 1 aromatic heterocycles. The fourth-order valence-electron chi connectivity index (χ4n) is 6.87. The zero-order valence-corrected chi connectivity index (χ0v) is 28.1. The number of ether oxygens (including phenoxy) is 3. The highest BCUT2D eigenvalue weighted by molar-refractivity contribution is 6.42. The summed E-state index contributed by atoms with van der Waals surface area (Å²) in [5, 5.41) is 0.868. The van der Waals surface area contributed by atoms with E-state index >= 15 is 0 Å². The molecule has 2 fully saturated rings. The van der Waals surface area contributed by atoms with Crippen LogP contribution in [0.4, 0.5) is 0 Å². The van der Waals surface area contributed by atoms with Crippen molar-refractivity contribution in [2.45, 2.75) is 37.1 Å². The van der Waals surface area contributed by atoms with Crippen LogP contribution in [0, 0.1) is 5.92 Å². The van der Waals surface area contributed by atoms with Crippen LogP contribution in [0.1, 0.15) is 47.3 Å². The van der Waals surface area contributed by atoms with Gasteiger partial charge in [-0.3, -0.25) is 19.5 Å². The van der Waals surface area contributed by atoms with E-state index in [1.165, 1.54) is 21.3 Å². The fraction of sp³-hybridized carbons (Fsp3) is 0.424. The molecule has 3 heterocycles. The highest BCUT2D eigenvalue weighted by atomic mass is 35.5. The summed E-state index contributed by atoms with van der Waals surface area (Å²) >= 11 is 12.7. The summed E-state index contributed by atoms with van der Waals surface area (Å²) in [6.45, 7) is 4.65. The lowest BCUT2D eigenvalue weighted by atomic mass is 9.64. The number of halogens is 3. The number of benzene rings is 2. The Morgan fingerprint density at radius 1 is 0.978 bits per heavy atom. The second-order valence-electron chi connectivity index (χ2n) is 11.5. The van der Waals surface area contributed by atoms with E-state index < -0.39 is 11.3 Å². The van der Waals surface area contributed by atoms with Crippen LogP contribution in [0.15, 0.2) is 54.7 Å². The number of amides is 2. The van der Waals surface area contributed by atoms with E-state index in [4.69, 9.17) is 43.1 Å². The number of nitrogens with two attached hydrogens (primary N) is 1. The second kappa shape index (κ2) is 14.5. The molecule has 0 spiro atoms. The molecule has 5 rings (SSSR count). The van der Waals surface area contributed by atoms with Crippen molar-refractivity contribution in [2.75, 3.05) is 47.5 Å². The van der Waals surface area contributed by atoms with Gasteiger partial charge in [-0.05, 0) is 74.2 Å². The van der Waals surface area contributed by atoms with Crippen molar-refractivity contribution in [3.05, 3.63) is 81.6 Å². The molecule has 0 bridgehead atoms. The molecule has 2 aromatic carbocycles. The van der Waals surface area contributed by atoms with Crippen molar-refractivity contribution in [3.8, 4) is 17.2 Å². The van der Waals surface area contributed by atoms with Crippen LogP contribution in [0.2, 0.25) is 10.0 Å². The minimum absolute atomic E-state index is 0. The third-order valence-corrected chi connectivity index (χ3v) is 10.1. The van der Waals surface area contributed by atoms with Gasteiger partial charge in [-0.15, -0.1) is 12.4 Å². The molecule has 0 saturated carbocycles. The molecule has 242 valence electrons. The van der Waals surface area contributed by atoms with E-state index in [0.29, 0.717) is 71.2 Å². The van der Waals surface area contributed by atoms with Crippen molar-refractivity contribution in [2.24, 2.45) is 11.7 Å². The van der Waals surface area contributed by atoms with Crippen LogP contribution in [0.5, 0.6) is 17.2 Å². The lowest BCUT2D eigenvalue weighted by Gasteiger charge is -2.48. The molecule has 4 unspecified atom stereocenters. The van der Waals surface area contributed by atoms with Gasteiger partial charge >= 0.3 is 0 Å². The first-order chi connectivity index (χ1) is 21.1. The zero-order valence-electron chi connectivity index (χ0n) is 25.8. The topological polar surface area (TPSA) is 107 Å². The third kappa shape index (κ3) is 6.54. The van der Waals surface area contributed by atoms with Crippen LogP contribution < -0.4 is 19.9 Å². The number of primary amides is 1. The molecule has 2 saturated heterocycles. The monoisotopic (exact) mass is 676 g/mol. The molecule has 0 aliphatic carbocycles. The number of carbonyl (C=O) groups is 2. The van der Waals surface area contributed by atoms with E-state index in [1.807, 2.05) is 35.2 Å². The minimum atomic E-state index is -1.02. The number of nitrogens with zero attached hydrogens (tertiary/aromatic N) is 3. The molecule has 4 atom stereocenters. The molecule has 2 aliphatic rings. The number of aromatic nitrogens is 1. The van der Waals surface area contributed by atoms with Gasteiger partial charge in [0.05, 0.1) is 37.1 Å². The van der Waals surface area contributed by atoms with E-state index in [2.05, 4.69) is 16.8 Å². The van der Waals surface area contributed by atoms with E-state index in [-0.39, 0.29) is 36.2 Å². The maximum atomic E-state index is 13.6. The van der Waals surface area contributed by atoms with Gasteiger partial charge in [0.1, 0.15) is 5.41 Å². The standard InChI is InChI=1S/C33H38Cl2N4O5.ClH/c1-20(22-10-13-39(18-22)31(40)23-16-27(42-2)30(44-4)28(17-23)43-3)38-14-11-33(32(36)41,29-7-5-6-12-37-29)24(19-38)21-8-9-25(34)26(35)15-21;/h5-9,12,15-17,20,22,24H,10-11,13-14,18-19H2,1-4H3,(H2,36,41);1H. The average Bonchev–Trinajstić information content (AvgIpc) is 3.55. The SMILES string of the molecule is COc1cc(C(=O)N2CCC(C(C)N3CCC(C(N)=O)(c4ccccn4)C(c4ccc(Cl)c(Cl)c4)C3)C2)cc(OC)c1OC.Cl. The number of piperidine rings is 1. The summed E-state index contributed by atoms with van der Waals surface area (Å²) in [6, 6.07) is 14.6. The van der Waals surface area contributed by atoms with E-state index in [1.54, 1.807) is 24.4 Å². The number of carbonyl (C=O) groups excluding carboxylic acids is 2. The number of hydrogen-bond acceptors (Lipinski definition) is 7. The summed E-state index contributed by atoms with van der Waals surface area (Å²) in [7, 11) is 4.60. The fourth-order valence-corrected chi connectivity index (χ4v) is 7.18. The zero-order chi connectivity index (χ0) is 31.6. The Morgan fingerprint density at radius 3 is 2.27 bits per heavy atom. The van der Waals surface area contributed by atoms with Gasteiger partial charge in [-0.1, -0.05) is 35.3 Å². The maximum absolute atomic E-state index is 13.6. The summed E-state index contributed by atoms with van der Waals surface area (Å²) in [6.07, 6.45) is 3.04. The van der Waals surface area contributed by atoms with Gasteiger partial charge in [0.25, 0.3) is 5.91 Å². The van der Waals surface area contributed by atoms with Gasteiger partial charge in [0, 0.05) is 43.4 Å². The first-order valence-electron chi connectivity index (χ1n) is 14.6. The largest absolute Gasteiger partial charge is 0.493 e. The second-order valence-corrected chi connectivity index (χ2v) is 12.3. The summed E-state index contributed by atoms with van der Waals surface area (Å²) in [5.41, 5.74) is 7.21. The van der Waals surface area contributed by atoms with Crippen molar-refractivity contribution in [1.29, 1.82) is 0 Å². The van der Waals surface area contributed by atoms with Crippen LogP contribution in [-0.2, 0) is 10.2 Å². The minimum Gasteiger partial charge on any atom is -0.493 e. The predicted molar refractivity (Wildman–Crippen MR) is 177 cm³/mol. The molecule has 45 heavy (non-hydrogen) atoms. The first-order valence-corrected chi connectivity index (χ1v) is 15.4. The smallest absolute Gasteiger partial charge is 0.254 e. The van der Waals surface area contributed by atoms with Gasteiger partial charge in [0.15, 0.2) is 11.5 Å². The molecule has 2 aliphatic heterocycles. The molecular formula is C33H39Cl3N4O5. The number of methoxy groups -OCH3 is 3. The summed E-state index contributed by atoms with van der Waals surface area (Å²) < 4.78 is 16.3. The Kier molecular flexibility index (Phi) is 11.1. The Balaban J connectivity index is 0.00000461. The Labute approximate surface area is 280 Å². The summed E-state index contributed by atoms with van der Waals surface area (Å²) in [4.78, 5) is 35.9. The third-order valence-electron chi connectivity index (χ3n) is 9.39.